The van der Waals surface area contributed by atoms with Crippen molar-refractivity contribution in [2.45, 2.75) is 83.9 Å². The zero-order valence-electron chi connectivity index (χ0n) is 18.1. The molecule has 0 N–H and O–H groups in total. The molecule has 1 aromatic heterocycles. The van der Waals surface area contributed by atoms with E-state index in [1.165, 1.54) is 6.07 Å². The number of carbonyl (C=O) groups is 1. The summed E-state index contributed by atoms with van der Waals surface area (Å²) >= 11 is 0. The molecule has 0 bridgehead atoms. The Kier molecular flexibility index (Phi) is 6.18. The molecule has 4 nitrogen and oxygen atoms in total. The van der Waals surface area contributed by atoms with Crippen molar-refractivity contribution in [3.63, 3.8) is 0 Å². The first-order chi connectivity index (χ1) is 14.4. The maximum absolute atomic E-state index is 14.5. The molecule has 168 valence electrons. The van der Waals surface area contributed by atoms with E-state index >= 15 is 0 Å². The summed E-state index contributed by atoms with van der Waals surface area (Å²) in [6, 6.07) is 4.81. The van der Waals surface area contributed by atoms with Crippen molar-refractivity contribution in [1.29, 1.82) is 5.26 Å². The first-order valence-electron chi connectivity index (χ1n) is 10.6. The van der Waals surface area contributed by atoms with Crippen LogP contribution in [0.25, 0.3) is 11.0 Å². The molecule has 0 saturated heterocycles. The van der Waals surface area contributed by atoms with Crippen LogP contribution in [0.4, 0.5) is 17.6 Å². The Balaban J connectivity index is 1.72. The number of hydrogen-bond donors (Lipinski definition) is 0. The summed E-state index contributed by atoms with van der Waals surface area (Å²) in [6.07, 6.45) is -0.481. The third-order valence-electron chi connectivity index (χ3n) is 6.40. The van der Waals surface area contributed by atoms with E-state index < -0.39 is 29.6 Å². The van der Waals surface area contributed by atoms with Gasteiger partial charge in [0.15, 0.2) is 5.82 Å². The zero-order valence-corrected chi connectivity index (χ0v) is 18.1. The maximum Gasteiger partial charge on any atom is 0.394 e. The Labute approximate surface area is 179 Å². The second-order valence-electron chi connectivity index (χ2n) is 9.46. The molecule has 1 aliphatic rings. The van der Waals surface area contributed by atoms with Crippen LogP contribution in [0.3, 0.4) is 0 Å². The molecule has 1 fully saturated rings. The molecule has 1 heterocycles. The van der Waals surface area contributed by atoms with E-state index in [9.17, 15) is 27.6 Å². The van der Waals surface area contributed by atoms with Gasteiger partial charge in [0.2, 0.25) is 0 Å². The first-order valence-corrected chi connectivity index (χ1v) is 10.6. The van der Waals surface area contributed by atoms with Gasteiger partial charge in [-0.15, -0.1) is 0 Å². The van der Waals surface area contributed by atoms with E-state index in [0.29, 0.717) is 30.6 Å². The Bertz CT molecular complexity index is 1030. The van der Waals surface area contributed by atoms with Crippen LogP contribution in [0, 0.1) is 22.6 Å². The molecular formula is C23H27F4N3O. The predicted octanol–water partition coefficient (Wildman–Crippen LogP) is 6.21. The van der Waals surface area contributed by atoms with Gasteiger partial charge in [-0.25, -0.2) is 9.37 Å². The summed E-state index contributed by atoms with van der Waals surface area (Å²) in [5.41, 5.74) is -1.18. The molecule has 0 unspecified atom stereocenters. The van der Waals surface area contributed by atoms with Crippen LogP contribution < -0.4 is 0 Å². The number of aryl methyl sites for hydroxylation is 1. The van der Waals surface area contributed by atoms with Crippen molar-refractivity contribution >= 4 is 16.8 Å². The molecule has 3 rings (SSSR count). The molecule has 1 aromatic carbocycles. The third kappa shape index (κ3) is 4.60. The number of carbonyl (C=O) groups excluding carboxylic acids is 1. The van der Waals surface area contributed by atoms with Gasteiger partial charge in [-0.2, -0.15) is 18.4 Å². The minimum Gasteiger partial charge on any atom is -0.322 e. The van der Waals surface area contributed by atoms with Crippen LogP contribution in [0.1, 0.15) is 77.1 Å². The number of fused-ring (bicyclic) bond motifs is 1. The SMILES string of the molecule is CC1(n2c(CCCCC(=O)CC(C)(C)C(F)(F)F)nc3c(F)cc(C#N)cc32)CCC1. The Morgan fingerprint density at radius 3 is 2.48 bits per heavy atom. The average molecular weight is 437 g/mol. The fraction of sp³-hybridized carbons (Fsp3) is 0.609. The van der Waals surface area contributed by atoms with Crippen molar-refractivity contribution in [3.05, 3.63) is 29.3 Å². The number of alkyl halides is 3. The fourth-order valence-electron chi connectivity index (χ4n) is 4.22. The van der Waals surface area contributed by atoms with Crippen LogP contribution in [0.2, 0.25) is 0 Å². The zero-order chi connectivity index (χ0) is 23.0. The van der Waals surface area contributed by atoms with Crippen molar-refractivity contribution in [1.82, 2.24) is 9.55 Å². The number of nitrogens with zero attached hydrogens (tertiary/aromatic N) is 3. The lowest BCUT2D eigenvalue weighted by atomic mass is 9.78. The molecule has 1 saturated carbocycles. The van der Waals surface area contributed by atoms with Gasteiger partial charge < -0.3 is 4.57 Å². The van der Waals surface area contributed by atoms with Crippen molar-refractivity contribution < 1.29 is 22.4 Å². The summed E-state index contributed by atoms with van der Waals surface area (Å²) in [6.45, 7) is 4.16. The van der Waals surface area contributed by atoms with Crippen molar-refractivity contribution in [2.24, 2.45) is 5.41 Å². The lowest BCUT2D eigenvalue weighted by Gasteiger charge is -2.41. The highest BCUT2D eigenvalue weighted by atomic mass is 19.4. The predicted molar refractivity (Wildman–Crippen MR) is 109 cm³/mol. The van der Waals surface area contributed by atoms with Gasteiger partial charge in [0.1, 0.15) is 17.1 Å². The molecule has 0 atom stereocenters. The molecule has 1 aliphatic carbocycles. The van der Waals surface area contributed by atoms with Crippen LogP contribution in [0.15, 0.2) is 12.1 Å². The monoisotopic (exact) mass is 437 g/mol. The summed E-state index contributed by atoms with van der Waals surface area (Å²) in [5.74, 6) is -0.262. The van der Waals surface area contributed by atoms with Gasteiger partial charge in [-0.1, -0.05) is 13.8 Å². The minimum atomic E-state index is -4.42. The molecule has 0 aliphatic heterocycles. The highest BCUT2D eigenvalue weighted by Gasteiger charge is 2.48. The van der Waals surface area contributed by atoms with Crippen LogP contribution in [0.5, 0.6) is 0 Å². The number of aromatic nitrogens is 2. The number of unbranched alkanes of at least 4 members (excludes halogenated alkanes) is 1. The first kappa shape index (κ1) is 23.2. The number of ketones is 1. The normalized spacial score (nSPS) is 16.2. The second-order valence-corrected chi connectivity index (χ2v) is 9.46. The van der Waals surface area contributed by atoms with E-state index in [4.69, 9.17) is 0 Å². The topological polar surface area (TPSA) is 58.7 Å². The highest BCUT2D eigenvalue weighted by molar-refractivity contribution is 5.79. The number of benzene rings is 1. The van der Waals surface area contributed by atoms with Gasteiger partial charge in [-0.05, 0) is 51.2 Å². The maximum atomic E-state index is 14.5. The van der Waals surface area contributed by atoms with Gasteiger partial charge >= 0.3 is 6.18 Å². The van der Waals surface area contributed by atoms with Crippen molar-refractivity contribution in [2.75, 3.05) is 0 Å². The third-order valence-corrected chi connectivity index (χ3v) is 6.40. The van der Waals surface area contributed by atoms with E-state index in [2.05, 4.69) is 11.9 Å². The molecule has 0 radical (unpaired) electrons. The second kappa shape index (κ2) is 8.25. The lowest BCUT2D eigenvalue weighted by Crippen LogP contribution is -2.38. The summed E-state index contributed by atoms with van der Waals surface area (Å²) in [4.78, 5) is 16.5. The summed E-state index contributed by atoms with van der Waals surface area (Å²) in [5, 5.41) is 9.20. The summed E-state index contributed by atoms with van der Waals surface area (Å²) < 4.78 is 55.5. The van der Waals surface area contributed by atoms with Crippen molar-refractivity contribution in [3.8, 4) is 6.07 Å². The standard InChI is InChI=1S/C23H27F4N3O/c1-21(2,23(25,26)27)13-16(31)7-4-5-8-19-29-20-17(24)11-15(14-28)12-18(20)30(19)22(3)9-6-10-22/h11-12H,4-10,13H2,1-3H3. The van der Waals surface area contributed by atoms with E-state index in [-0.39, 0.29) is 23.0 Å². The Hall–Kier alpha value is -2.43. The average Bonchev–Trinajstić information content (AvgIpc) is 3.01. The number of hydrogen-bond acceptors (Lipinski definition) is 3. The quantitative estimate of drug-likeness (QED) is 0.365. The number of Topliss-reactive ketones (excluding diaryl/α,β-unsaturated/α-hetero) is 1. The lowest BCUT2D eigenvalue weighted by molar-refractivity contribution is -0.213. The molecule has 0 amide bonds. The minimum absolute atomic E-state index is 0.0734. The van der Waals surface area contributed by atoms with Crippen LogP contribution in [-0.4, -0.2) is 21.5 Å². The number of halogens is 4. The van der Waals surface area contributed by atoms with Gasteiger partial charge in [0.05, 0.1) is 22.6 Å². The highest BCUT2D eigenvalue weighted by Crippen LogP contribution is 2.43. The van der Waals surface area contributed by atoms with Gasteiger partial charge in [0, 0.05) is 24.8 Å². The number of rotatable bonds is 8. The molecule has 2 aromatic rings. The summed E-state index contributed by atoms with van der Waals surface area (Å²) in [7, 11) is 0. The van der Waals surface area contributed by atoms with E-state index in [1.54, 1.807) is 6.07 Å². The molecular weight excluding hydrogens is 410 g/mol. The smallest absolute Gasteiger partial charge is 0.322 e. The van der Waals surface area contributed by atoms with Gasteiger partial charge in [0.25, 0.3) is 0 Å². The Morgan fingerprint density at radius 1 is 1.26 bits per heavy atom. The van der Waals surface area contributed by atoms with E-state index in [0.717, 1.165) is 33.1 Å². The largest absolute Gasteiger partial charge is 0.394 e. The number of nitriles is 1. The van der Waals surface area contributed by atoms with Gasteiger partial charge in [-0.3, -0.25) is 4.79 Å². The van der Waals surface area contributed by atoms with Crippen LogP contribution >= 0.6 is 0 Å². The fourth-order valence-corrected chi connectivity index (χ4v) is 4.22. The van der Waals surface area contributed by atoms with E-state index in [1.807, 2.05) is 10.6 Å². The number of imidazole rings is 1. The Morgan fingerprint density at radius 2 is 1.94 bits per heavy atom. The molecule has 31 heavy (non-hydrogen) atoms. The van der Waals surface area contributed by atoms with Crippen LogP contribution in [-0.2, 0) is 16.8 Å². The molecule has 8 heteroatoms. The molecule has 0 spiro atoms.